The fourth-order valence-corrected chi connectivity index (χ4v) is 10.5. The summed E-state index contributed by atoms with van der Waals surface area (Å²) in [7, 11) is -4.02. The van der Waals surface area contributed by atoms with Gasteiger partial charge in [0.1, 0.15) is 35.1 Å². The van der Waals surface area contributed by atoms with Crippen LogP contribution in [0.5, 0.6) is 5.75 Å². The summed E-state index contributed by atoms with van der Waals surface area (Å²) < 4.78 is 68.8. The van der Waals surface area contributed by atoms with Crippen LogP contribution in [0.4, 0.5) is 13.6 Å². The summed E-state index contributed by atoms with van der Waals surface area (Å²) in [6.45, 7) is 3.22. The van der Waals surface area contributed by atoms with E-state index in [0.717, 1.165) is 57.1 Å². The largest absolute Gasteiger partial charge is 0.483 e. The lowest BCUT2D eigenvalue weighted by Crippen LogP contribution is -2.58. The maximum atomic E-state index is 14.8. The highest BCUT2D eigenvalue weighted by atomic mass is 32.2. The number of carbonyl (C=O) groups excluding carboxylic acids is 4. The van der Waals surface area contributed by atoms with E-state index >= 15 is 0 Å². The van der Waals surface area contributed by atoms with Crippen molar-refractivity contribution >= 4 is 44.7 Å². The van der Waals surface area contributed by atoms with Gasteiger partial charge in [-0.3, -0.25) is 19.1 Å². The third-order valence-electron chi connectivity index (χ3n) is 13.1. The van der Waals surface area contributed by atoms with Crippen molar-refractivity contribution in [2.24, 2.45) is 5.92 Å². The average molecular weight is 812 g/mol. The number of sulfonamides is 1. The lowest BCUT2D eigenvalue weighted by molar-refractivity contribution is -0.141. The molecular weight excluding hydrogens is 761 g/mol. The Labute approximate surface area is 331 Å². The zero-order valence-corrected chi connectivity index (χ0v) is 33.3. The molecule has 3 aliphatic carbocycles. The van der Waals surface area contributed by atoms with E-state index in [4.69, 9.17) is 9.47 Å². The van der Waals surface area contributed by atoms with Crippen LogP contribution in [-0.4, -0.2) is 82.7 Å². The Morgan fingerprint density at radius 1 is 1.00 bits per heavy atom. The van der Waals surface area contributed by atoms with E-state index in [1.807, 2.05) is 12.2 Å². The minimum atomic E-state index is -4.02. The molecule has 1 unspecified atom stereocenters. The molecule has 1 saturated heterocycles. The first-order chi connectivity index (χ1) is 27.1. The molecule has 308 valence electrons. The summed E-state index contributed by atoms with van der Waals surface area (Å²) in [6, 6.07) is -0.0454. The molecule has 1 aromatic heterocycles. The van der Waals surface area contributed by atoms with E-state index in [1.54, 1.807) is 13.8 Å². The standard InChI is InChI=1S/C41H51F2N5O8S/c1-24-34-27(28-19-29(42)30(43)20-32(28)44-24)15-16-40(56-34)22-33-35(49)46-41(37(51)47-57(53,54)39(2)17-18-39)21-25(41)11-7-4-3-5-10-14-31(36(50)48(33)23-40)45-38(52)55-26-12-8-6-9-13-26/h7,11,19-20,25-26,31,33H,3-6,8-10,12-18,21-23H2,1-2H3,(H,45,52)(H,46,49)(H,47,51)/b11-7-/t25?,31-,33-,40+,41+/m0/s1. The normalized spacial score (nSPS) is 30.7. The van der Waals surface area contributed by atoms with Gasteiger partial charge >= 0.3 is 6.09 Å². The van der Waals surface area contributed by atoms with Crippen molar-refractivity contribution in [2.75, 3.05) is 6.54 Å². The zero-order valence-electron chi connectivity index (χ0n) is 32.5. The number of rotatable bonds is 5. The van der Waals surface area contributed by atoms with Crippen LogP contribution in [0, 0.1) is 24.5 Å². The summed E-state index contributed by atoms with van der Waals surface area (Å²) in [4.78, 5) is 62.6. The van der Waals surface area contributed by atoms with E-state index in [9.17, 15) is 36.4 Å². The second kappa shape index (κ2) is 14.8. The van der Waals surface area contributed by atoms with Crippen LogP contribution in [-0.2, 0) is 35.6 Å². The number of hydrogen-bond acceptors (Lipinski definition) is 9. The van der Waals surface area contributed by atoms with Crippen molar-refractivity contribution in [3.8, 4) is 5.75 Å². The third-order valence-corrected chi connectivity index (χ3v) is 15.3. The highest BCUT2D eigenvalue weighted by Crippen LogP contribution is 2.49. The Morgan fingerprint density at radius 2 is 1.72 bits per heavy atom. The van der Waals surface area contributed by atoms with Crippen LogP contribution in [0.15, 0.2) is 24.3 Å². The van der Waals surface area contributed by atoms with E-state index in [1.165, 1.54) is 4.90 Å². The highest BCUT2D eigenvalue weighted by Gasteiger charge is 2.64. The lowest BCUT2D eigenvalue weighted by atomic mass is 9.87. The molecule has 16 heteroatoms. The number of carbonyl (C=O) groups is 4. The number of pyridine rings is 1. The van der Waals surface area contributed by atoms with Crippen molar-refractivity contribution in [1.29, 1.82) is 0 Å². The molecule has 3 saturated carbocycles. The predicted molar refractivity (Wildman–Crippen MR) is 204 cm³/mol. The maximum absolute atomic E-state index is 14.8. The molecule has 4 fully saturated rings. The number of benzene rings is 1. The van der Waals surface area contributed by atoms with Gasteiger partial charge in [0.05, 0.1) is 22.5 Å². The number of allylic oxidation sites excluding steroid dienone is 1. The number of fused-ring (bicyclic) bond motifs is 5. The zero-order chi connectivity index (χ0) is 40.3. The summed E-state index contributed by atoms with van der Waals surface area (Å²) in [5.41, 5.74) is -1.33. The van der Waals surface area contributed by atoms with Gasteiger partial charge in [-0.2, -0.15) is 0 Å². The summed E-state index contributed by atoms with van der Waals surface area (Å²) in [6.07, 6.45) is 12.1. The topological polar surface area (TPSA) is 173 Å². The minimum Gasteiger partial charge on any atom is -0.483 e. The van der Waals surface area contributed by atoms with Crippen molar-refractivity contribution < 1.29 is 45.9 Å². The van der Waals surface area contributed by atoms with Crippen LogP contribution in [0.1, 0.15) is 114 Å². The predicted octanol–water partition coefficient (Wildman–Crippen LogP) is 5.31. The van der Waals surface area contributed by atoms with Gasteiger partial charge in [0, 0.05) is 29.4 Å². The fourth-order valence-electron chi connectivity index (χ4n) is 9.20. The molecule has 1 spiro atoms. The molecule has 4 amide bonds. The Balaban J connectivity index is 1.12. The first kappa shape index (κ1) is 39.5. The number of hydrogen-bond donors (Lipinski definition) is 3. The van der Waals surface area contributed by atoms with Crippen molar-refractivity contribution in [3.63, 3.8) is 0 Å². The molecule has 13 nitrogen and oxygen atoms in total. The van der Waals surface area contributed by atoms with Gasteiger partial charge < -0.3 is 25.0 Å². The number of nitrogens with one attached hydrogen (secondary N) is 3. The first-order valence-corrected chi connectivity index (χ1v) is 21.9. The minimum absolute atomic E-state index is 0.00703. The highest BCUT2D eigenvalue weighted by molar-refractivity contribution is 7.91. The first-order valence-electron chi connectivity index (χ1n) is 20.4. The van der Waals surface area contributed by atoms with Gasteiger partial charge in [0.2, 0.25) is 21.8 Å². The lowest BCUT2D eigenvalue weighted by Gasteiger charge is -2.36. The molecule has 3 N–H and O–H groups in total. The summed E-state index contributed by atoms with van der Waals surface area (Å²) in [5.74, 6) is -4.12. The Hall–Kier alpha value is -4.34. The van der Waals surface area contributed by atoms with Crippen molar-refractivity contribution in [2.45, 2.75) is 151 Å². The van der Waals surface area contributed by atoms with Crippen molar-refractivity contribution in [3.05, 3.63) is 47.2 Å². The second-order valence-electron chi connectivity index (χ2n) is 17.3. The number of aromatic nitrogens is 1. The molecule has 6 aliphatic rings. The Morgan fingerprint density at radius 3 is 2.47 bits per heavy atom. The Bertz CT molecular complexity index is 2140. The monoisotopic (exact) mass is 811 g/mol. The van der Waals surface area contributed by atoms with Crippen molar-refractivity contribution in [1.82, 2.24) is 25.2 Å². The molecule has 57 heavy (non-hydrogen) atoms. The number of halogens is 2. The maximum Gasteiger partial charge on any atom is 0.408 e. The summed E-state index contributed by atoms with van der Waals surface area (Å²) >= 11 is 0. The third kappa shape index (κ3) is 7.58. The molecule has 2 aromatic rings. The van der Waals surface area contributed by atoms with E-state index in [-0.39, 0.29) is 31.0 Å². The molecule has 4 heterocycles. The molecule has 1 aromatic carbocycles. The molecule has 5 atom stereocenters. The quantitative estimate of drug-likeness (QED) is 0.339. The molecule has 0 bridgehead atoms. The number of amides is 4. The molecule has 0 radical (unpaired) electrons. The Kier molecular flexibility index (Phi) is 10.2. The van der Waals surface area contributed by atoms with E-state index in [2.05, 4.69) is 20.3 Å². The van der Waals surface area contributed by atoms with Crippen LogP contribution in [0.25, 0.3) is 10.9 Å². The van der Waals surface area contributed by atoms with Crippen LogP contribution < -0.4 is 20.1 Å². The van der Waals surface area contributed by atoms with Gasteiger partial charge in [-0.1, -0.05) is 31.4 Å². The van der Waals surface area contributed by atoms with Gasteiger partial charge in [0.15, 0.2) is 11.6 Å². The molecule has 3 aliphatic heterocycles. The van der Waals surface area contributed by atoms with E-state index < -0.39 is 79.4 Å². The SMILES string of the molecule is Cc1nc2cc(F)c(F)cc2c2c1O[C@]1(CC2)C[C@H]2C(=O)N[C@]3(C(=O)NS(=O)(=O)C4(C)CC4)CC3/C=C\CCCCC[C@H](NC(=O)OC3CCCCC3)C(=O)N2C1. The van der Waals surface area contributed by atoms with Gasteiger partial charge in [-0.05, 0) is 97.0 Å². The number of nitrogens with zero attached hydrogens (tertiary/aromatic N) is 2. The van der Waals surface area contributed by atoms with Gasteiger partial charge in [-0.25, -0.2) is 27.0 Å². The fraction of sp³-hybridized carbons (Fsp3) is 0.634. The van der Waals surface area contributed by atoms with Crippen LogP contribution >= 0.6 is 0 Å². The van der Waals surface area contributed by atoms with Crippen LogP contribution in [0.2, 0.25) is 0 Å². The molecule has 8 rings (SSSR count). The average Bonchev–Trinajstić information content (AvgIpc) is 4.06. The summed E-state index contributed by atoms with van der Waals surface area (Å²) in [5, 5.41) is 6.13. The van der Waals surface area contributed by atoms with E-state index in [0.29, 0.717) is 67.3 Å². The number of ether oxygens (including phenoxy) is 2. The van der Waals surface area contributed by atoms with Gasteiger partial charge in [0.25, 0.3) is 5.91 Å². The smallest absolute Gasteiger partial charge is 0.408 e. The molecular formula is C41H51F2N5O8S. The second-order valence-corrected chi connectivity index (χ2v) is 19.5. The number of aryl methyl sites for hydroxylation is 2. The number of alkyl carbamates (subject to hydrolysis) is 1. The van der Waals surface area contributed by atoms with Gasteiger partial charge in [-0.15, -0.1) is 0 Å². The van der Waals surface area contributed by atoms with Crippen LogP contribution in [0.3, 0.4) is 0 Å².